The fraction of sp³-hybridized carbons (Fsp3) is 0. The number of hydrogen-bond acceptors (Lipinski definition) is 1. The minimum absolute atomic E-state index is 0.885. The molecule has 1 aromatic heterocycles. The molecule has 1 aliphatic rings. The van der Waals surface area contributed by atoms with Crippen LogP contribution in [0.1, 0.15) is 0 Å². The first kappa shape index (κ1) is 20.8. The second kappa shape index (κ2) is 7.56. The molecule has 1 aliphatic heterocycles. The third kappa shape index (κ3) is 2.68. The smallest absolute Gasteiger partial charge is 0.172 e. The summed E-state index contributed by atoms with van der Waals surface area (Å²) in [7, 11) is -3.09. The van der Waals surface area contributed by atoms with Gasteiger partial charge in [-0.2, -0.15) is 0 Å². The van der Waals surface area contributed by atoms with Crippen molar-refractivity contribution in [3.8, 4) is 16.8 Å². The van der Waals surface area contributed by atoms with Crippen LogP contribution >= 0.6 is 7.14 Å². The van der Waals surface area contributed by atoms with Crippen molar-refractivity contribution >= 4 is 55.6 Å². The van der Waals surface area contributed by atoms with Crippen molar-refractivity contribution in [2.24, 2.45) is 0 Å². The molecule has 0 radical (unpaired) electrons. The summed E-state index contributed by atoms with van der Waals surface area (Å²) in [4.78, 5) is 0. The number of nitrogens with zero attached hydrogens (tertiary/aromatic N) is 1. The van der Waals surface area contributed by atoms with E-state index in [1.807, 2.05) is 42.5 Å². The maximum Gasteiger partial charge on any atom is 0.172 e. The summed E-state index contributed by atoms with van der Waals surface area (Å²) in [6.45, 7) is 0. The summed E-state index contributed by atoms with van der Waals surface area (Å²) in [5.41, 5.74) is 5.50. The van der Waals surface area contributed by atoms with E-state index in [0.29, 0.717) is 0 Å². The topological polar surface area (TPSA) is 22.0 Å². The van der Waals surface area contributed by atoms with E-state index >= 15 is 4.57 Å². The molecular formula is C34H22NOP. The molecule has 0 saturated heterocycles. The maximum atomic E-state index is 15.5. The van der Waals surface area contributed by atoms with Gasteiger partial charge in [0.25, 0.3) is 0 Å². The summed E-state index contributed by atoms with van der Waals surface area (Å²) in [5, 5.41) is 7.40. The van der Waals surface area contributed by atoms with Crippen LogP contribution in [0.2, 0.25) is 0 Å². The van der Waals surface area contributed by atoms with E-state index in [9.17, 15) is 0 Å². The third-order valence-electron chi connectivity index (χ3n) is 7.79. The quantitative estimate of drug-likeness (QED) is 0.229. The van der Waals surface area contributed by atoms with Gasteiger partial charge in [0.1, 0.15) is 0 Å². The van der Waals surface area contributed by atoms with Crippen molar-refractivity contribution in [3.05, 3.63) is 133 Å². The maximum absolute atomic E-state index is 15.5. The molecular weight excluding hydrogens is 469 g/mol. The third-order valence-corrected chi connectivity index (χ3v) is 11.0. The molecule has 174 valence electrons. The SMILES string of the molecule is O=P1(c2ccccc2)c2ccccc2-c2ccc3c(c21)c1ccccc1n3-c1cccc2ccccc12. The van der Waals surface area contributed by atoms with E-state index in [4.69, 9.17) is 0 Å². The Bertz CT molecular complexity index is 2060. The van der Waals surface area contributed by atoms with Gasteiger partial charge >= 0.3 is 0 Å². The van der Waals surface area contributed by atoms with Crippen molar-refractivity contribution in [1.29, 1.82) is 0 Å². The Kier molecular flexibility index (Phi) is 4.24. The highest BCUT2D eigenvalue weighted by atomic mass is 31.2. The monoisotopic (exact) mass is 491 g/mol. The Morgan fingerprint density at radius 1 is 0.514 bits per heavy atom. The first-order valence-corrected chi connectivity index (χ1v) is 14.3. The van der Waals surface area contributed by atoms with E-state index in [0.717, 1.165) is 54.5 Å². The highest BCUT2D eigenvalue weighted by molar-refractivity contribution is 7.86. The Labute approximate surface area is 214 Å². The van der Waals surface area contributed by atoms with Crippen LogP contribution in [0.3, 0.4) is 0 Å². The number of para-hydroxylation sites is 1. The molecule has 6 aromatic carbocycles. The first-order valence-electron chi connectivity index (χ1n) is 12.6. The Morgan fingerprint density at radius 2 is 1.22 bits per heavy atom. The summed E-state index contributed by atoms with van der Waals surface area (Å²) in [5.74, 6) is 0. The van der Waals surface area contributed by atoms with Crippen molar-refractivity contribution < 1.29 is 4.57 Å². The molecule has 0 spiro atoms. The number of hydrogen-bond donors (Lipinski definition) is 0. The molecule has 0 amide bonds. The molecule has 0 aliphatic carbocycles. The zero-order valence-corrected chi connectivity index (χ0v) is 20.9. The van der Waals surface area contributed by atoms with Gasteiger partial charge in [-0.3, -0.25) is 0 Å². The number of benzene rings is 6. The van der Waals surface area contributed by atoms with Crippen molar-refractivity contribution in [1.82, 2.24) is 4.57 Å². The van der Waals surface area contributed by atoms with E-state index < -0.39 is 7.14 Å². The van der Waals surface area contributed by atoms with Gasteiger partial charge in [-0.15, -0.1) is 0 Å². The number of fused-ring (bicyclic) bond motifs is 8. The second-order valence-electron chi connectivity index (χ2n) is 9.67. The van der Waals surface area contributed by atoms with Gasteiger partial charge in [-0.05, 0) is 34.7 Å². The lowest BCUT2D eigenvalue weighted by Crippen LogP contribution is -2.21. The molecule has 0 saturated carbocycles. The lowest BCUT2D eigenvalue weighted by molar-refractivity contribution is 0.593. The van der Waals surface area contributed by atoms with Crippen LogP contribution in [0, 0.1) is 0 Å². The van der Waals surface area contributed by atoms with Gasteiger partial charge in [0.2, 0.25) is 0 Å². The molecule has 2 heterocycles. The molecule has 3 heteroatoms. The number of rotatable bonds is 2. The van der Waals surface area contributed by atoms with Crippen molar-refractivity contribution in [2.75, 3.05) is 0 Å². The van der Waals surface area contributed by atoms with Crippen LogP contribution in [-0.4, -0.2) is 4.57 Å². The van der Waals surface area contributed by atoms with Gasteiger partial charge in [0.05, 0.1) is 16.7 Å². The van der Waals surface area contributed by atoms with Crippen LogP contribution in [0.4, 0.5) is 0 Å². The minimum Gasteiger partial charge on any atom is -0.309 e. The van der Waals surface area contributed by atoms with Gasteiger partial charge in [-0.25, -0.2) is 0 Å². The van der Waals surface area contributed by atoms with E-state index in [1.54, 1.807) is 0 Å². The molecule has 2 nitrogen and oxygen atoms in total. The standard InChI is InChI=1S/C34H22NOP/c36-37(24-13-2-1-3-14-24)32-20-9-7-16-26(32)27-21-22-31-33(34(27)37)28-17-6-8-18-30(28)35(31)29-19-10-12-23-11-4-5-15-25(23)29/h1-22H. The molecule has 0 fully saturated rings. The van der Waals surface area contributed by atoms with Gasteiger partial charge in [-0.1, -0.05) is 115 Å². The Morgan fingerprint density at radius 3 is 2.11 bits per heavy atom. The van der Waals surface area contributed by atoms with E-state index in [2.05, 4.69) is 95.6 Å². The summed E-state index contributed by atoms with van der Waals surface area (Å²) in [6, 6.07) is 46.2. The first-order chi connectivity index (χ1) is 18.3. The van der Waals surface area contributed by atoms with Crippen molar-refractivity contribution in [3.63, 3.8) is 0 Å². The molecule has 37 heavy (non-hydrogen) atoms. The predicted octanol–water partition coefficient (Wildman–Crippen LogP) is 7.56. The van der Waals surface area contributed by atoms with Gasteiger partial charge < -0.3 is 9.13 Å². The zero-order valence-electron chi connectivity index (χ0n) is 20.0. The molecule has 0 bridgehead atoms. The average molecular weight is 492 g/mol. The predicted molar refractivity (Wildman–Crippen MR) is 157 cm³/mol. The largest absolute Gasteiger partial charge is 0.309 e. The summed E-state index contributed by atoms with van der Waals surface area (Å²) >= 11 is 0. The molecule has 8 rings (SSSR count). The van der Waals surface area contributed by atoms with Crippen LogP contribution in [-0.2, 0) is 4.57 Å². The summed E-state index contributed by atoms with van der Waals surface area (Å²) < 4.78 is 17.8. The fourth-order valence-electron chi connectivity index (χ4n) is 6.25. The van der Waals surface area contributed by atoms with Crippen LogP contribution < -0.4 is 15.9 Å². The normalized spacial score (nSPS) is 16.3. The molecule has 1 unspecified atom stereocenters. The number of aromatic nitrogens is 1. The van der Waals surface area contributed by atoms with Crippen LogP contribution in [0.15, 0.2) is 133 Å². The molecule has 1 atom stereocenters. The minimum atomic E-state index is -3.09. The van der Waals surface area contributed by atoms with Crippen LogP contribution in [0.5, 0.6) is 0 Å². The fourth-order valence-corrected chi connectivity index (χ4v) is 9.54. The average Bonchev–Trinajstić information content (AvgIpc) is 3.44. The summed E-state index contributed by atoms with van der Waals surface area (Å²) in [6.07, 6.45) is 0. The highest BCUT2D eigenvalue weighted by Crippen LogP contribution is 2.55. The Balaban J connectivity index is 1.58. The molecule has 0 N–H and O–H groups in total. The lowest BCUT2D eigenvalue weighted by Gasteiger charge is -2.17. The Hall–Kier alpha value is -4.39. The van der Waals surface area contributed by atoms with E-state index in [-0.39, 0.29) is 0 Å². The van der Waals surface area contributed by atoms with Crippen LogP contribution in [0.25, 0.3) is 49.4 Å². The van der Waals surface area contributed by atoms with E-state index in [1.165, 1.54) is 10.8 Å². The lowest BCUT2D eigenvalue weighted by atomic mass is 10.0. The van der Waals surface area contributed by atoms with Crippen molar-refractivity contribution in [2.45, 2.75) is 0 Å². The van der Waals surface area contributed by atoms with Gasteiger partial charge in [0.15, 0.2) is 7.14 Å². The highest BCUT2D eigenvalue weighted by Gasteiger charge is 2.42. The molecule has 7 aromatic rings. The zero-order chi connectivity index (χ0) is 24.6. The second-order valence-corrected chi connectivity index (χ2v) is 12.3. The van der Waals surface area contributed by atoms with Gasteiger partial charge in [0, 0.05) is 32.1 Å².